The maximum atomic E-state index is 11.7. The summed E-state index contributed by atoms with van der Waals surface area (Å²) in [6, 6.07) is 1.97. The smallest absolute Gasteiger partial charge is 0.211 e. The Labute approximate surface area is 107 Å². The highest BCUT2D eigenvalue weighted by Crippen LogP contribution is 2.09. The summed E-state index contributed by atoms with van der Waals surface area (Å²) in [4.78, 5) is 0. The van der Waals surface area contributed by atoms with E-state index in [0.29, 0.717) is 6.42 Å². The van der Waals surface area contributed by atoms with E-state index in [2.05, 4.69) is 10.0 Å². The molecule has 0 spiro atoms. The van der Waals surface area contributed by atoms with Gasteiger partial charge in [-0.3, -0.25) is 0 Å². The van der Waals surface area contributed by atoms with E-state index >= 15 is 0 Å². The molecule has 1 aromatic rings. The molecule has 0 bridgehead atoms. The monoisotopic (exact) mass is 276 g/mol. The number of sulfonamides is 1. The summed E-state index contributed by atoms with van der Waals surface area (Å²) in [5.41, 5.74) is 1.18. The van der Waals surface area contributed by atoms with Crippen molar-refractivity contribution in [1.82, 2.24) is 10.0 Å². The van der Waals surface area contributed by atoms with Crippen LogP contribution in [0.25, 0.3) is 0 Å². The van der Waals surface area contributed by atoms with Gasteiger partial charge in [-0.05, 0) is 55.7 Å². The Balaban J connectivity index is 2.36. The Morgan fingerprint density at radius 2 is 2.24 bits per heavy atom. The summed E-state index contributed by atoms with van der Waals surface area (Å²) in [6.07, 6.45) is 1.38. The lowest BCUT2D eigenvalue weighted by Gasteiger charge is -2.13. The number of nitrogens with one attached hydrogen (secondary N) is 2. The number of thiophene rings is 1. The van der Waals surface area contributed by atoms with Gasteiger partial charge in [-0.25, -0.2) is 13.1 Å². The van der Waals surface area contributed by atoms with E-state index in [1.807, 2.05) is 30.8 Å². The normalized spacial score (nSPS) is 13.8. The van der Waals surface area contributed by atoms with Gasteiger partial charge < -0.3 is 5.32 Å². The van der Waals surface area contributed by atoms with Crippen molar-refractivity contribution in [2.24, 2.45) is 0 Å². The van der Waals surface area contributed by atoms with E-state index in [9.17, 15) is 8.42 Å². The molecule has 1 heterocycles. The zero-order chi connectivity index (χ0) is 12.7. The maximum absolute atomic E-state index is 11.7. The summed E-state index contributed by atoms with van der Waals surface area (Å²) in [7, 11) is -1.32. The molecule has 17 heavy (non-hydrogen) atoms. The lowest BCUT2D eigenvalue weighted by molar-refractivity contribution is 0.556. The van der Waals surface area contributed by atoms with Crippen molar-refractivity contribution in [3.8, 4) is 0 Å². The molecule has 0 saturated heterocycles. The van der Waals surface area contributed by atoms with Crippen LogP contribution < -0.4 is 10.0 Å². The molecule has 0 aromatic carbocycles. The molecule has 0 aliphatic rings. The third-order valence-corrected chi connectivity index (χ3v) is 4.66. The molecule has 1 aromatic heterocycles. The van der Waals surface area contributed by atoms with Crippen LogP contribution in [0, 0.1) is 0 Å². The van der Waals surface area contributed by atoms with Crippen LogP contribution in [0.4, 0.5) is 0 Å². The average Bonchev–Trinajstić information content (AvgIpc) is 2.69. The minimum absolute atomic E-state index is 0.0517. The van der Waals surface area contributed by atoms with Gasteiger partial charge in [0.2, 0.25) is 10.0 Å². The van der Waals surface area contributed by atoms with E-state index in [-0.39, 0.29) is 11.8 Å². The van der Waals surface area contributed by atoms with Crippen molar-refractivity contribution < 1.29 is 8.42 Å². The lowest BCUT2D eigenvalue weighted by Crippen LogP contribution is -2.36. The summed E-state index contributed by atoms with van der Waals surface area (Å²) in [5.74, 6) is 0.182. The van der Waals surface area contributed by atoms with Crippen molar-refractivity contribution >= 4 is 21.4 Å². The number of hydrogen-bond donors (Lipinski definition) is 2. The van der Waals surface area contributed by atoms with Crippen LogP contribution in [0.1, 0.15) is 18.9 Å². The Bertz CT molecular complexity index is 401. The van der Waals surface area contributed by atoms with Gasteiger partial charge in [0, 0.05) is 6.04 Å². The molecule has 0 amide bonds. The van der Waals surface area contributed by atoms with Crippen LogP contribution >= 0.6 is 11.3 Å². The van der Waals surface area contributed by atoms with Crippen molar-refractivity contribution in [3.05, 3.63) is 22.4 Å². The predicted molar refractivity (Wildman–Crippen MR) is 73.0 cm³/mol. The van der Waals surface area contributed by atoms with E-state index < -0.39 is 10.0 Å². The van der Waals surface area contributed by atoms with Gasteiger partial charge in [0.15, 0.2) is 0 Å². The summed E-state index contributed by atoms with van der Waals surface area (Å²) < 4.78 is 26.1. The molecule has 1 rings (SSSR count). The highest BCUT2D eigenvalue weighted by molar-refractivity contribution is 7.89. The maximum Gasteiger partial charge on any atom is 0.211 e. The fourth-order valence-electron chi connectivity index (χ4n) is 1.61. The third kappa shape index (κ3) is 6.16. The SMILES string of the molecule is CNCCCS(=O)(=O)NC(C)Cc1ccsc1. The first-order valence-corrected chi connectivity index (χ1v) is 8.28. The topological polar surface area (TPSA) is 58.2 Å². The van der Waals surface area contributed by atoms with Crippen LogP contribution in [0.15, 0.2) is 16.8 Å². The van der Waals surface area contributed by atoms with Gasteiger partial charge in [0.05, 0.1) is 5.75 Å². The Kier molecular flexibility index (Phi) is 6.11. The molecule has 6 heteroatoms. The molecule has 0 saturated carbocycles. The number of rotatable bonds is 8. The Morgan fingerprint density at radius 1 is 1.47 bits per heavy atom. The Hall–Kier alpha value is -0.430. The van der Waals surface area contributed by atoms with Gasteiger partial charge in [0.25, 0.3) is 0 Å². The molecule has 0 fully saturated rings. The first-order valence-electron chi connectivity index (χ1n) is 5.69. The van der Waals surface area contributed by atoms with Gasteiger partial charge in [-0.1, -0.05) is 0 Å². The zero-order valence-corrected chi connectivity index (χ0v) is 11.9. The van der Waals surface area contributed by atoms with Crippen LogP contribution in [-0.2, 0) is 16.4 Å². The number of hydrogen-bond acceptors (Lipinski definition) is 4. The van der Waals surface area contributed by atoms with E-state index in [1.54, 1.807) is 11.3 Å². The fraction of sp³-hybridized carbons (Fsp3) is 0.636. The first kappa shape index (κ1) is 14.6. The highest BCUT2D eigenvalue weighted by Gasteiger charge is 2.14. The van der Waals surface area contributed by atoms with Gasteiger partial charge in [-0.2, -0.15) is 11.3 Å². The quantitative estimate of drug-likeness (QED) is 0.702. The van der Waals surface area contributed by atoms with Gasteiger partial charge in [-0.15, -0.1) is 0 Å². The molecular formula is C11H20N2O2S2. The molecule has 2 N–H and O–H groups in total. The van der Waals surface area contributed by atoms with Crippen molar-refractivity contribution in [2.45, 2.75) is 25.8 Å². The Morgan fingerprint density at radius 3 is 2.82 bits per heavy atom. The molecule has 1 unspecified atom stereocenters. The van der Waals surface area contributed by atoms with Crippen molar-refractivity contribution in [3.63, 3.8) is 0 Å². The van der Waals surface area contributed by atoms with E-state index in [0.717, 1.165) is 13.0 Å². The van der Waals surface area contributed by atoms with Crippen LogP contribution in [0.2, 0.25) is 0 Å². The lowest BCUT2D eigenvalue weighted by atomic mass is 10.1. The molecule has 98 valence electrons. The standard InChI is InChI=1S/C11H20N2O2S2/c1-10(8-11-4-6-16-9-11)13-17(14,15)7-3-5-12-2/h4,6,9-10,12-13H,3,5,7-8H2,1-2H3. The molecule has 1 atom stereocenters. The molecule has 0 aliphatic carbocycles. The second-order valence-corrected chi connectivity index (χ2v) is 6.78. The van der Waals surface area contributed by atoms with Crippen LogP contribution in [0.5, 0.6) is 0 Å². The second kappa shape index (κ2) is 7.10. The summed E-state index contributed by atoms with van der Waals surface area (Å²) in [5, 5.41) is 6.99. The van der Waals surface area contributed by atoms with Gasteiger partial charge >= 0.3 is 0 Å². The second-order valence-electron chi connectivity index (χ2n) is 4.13. The summed E-state index contributed by atoms with van der Waals surface area (Å²) in [6.45, 7) is 2.62. The minimum Gasteiger partial charge on any atom is -0.320 e. The van der Waals surface area contributed by atoms with Gasteiger partial charge in [0.1, 0.15) is 0 Å². The van der Waals surface area contributed by atoms with E-state index in [1.165, 1.54) is 5.56 Å². The molecular weight excluding hydrogens is 256 g/mol. The molecule has 0 radical (unpaired) electrons. The van der Waals surface area contributed by atoms with Crippen molar-refractivity contribution in [1.29, 1.82) is 0 Å². The zero-order valence-electron chi connectivity index (χ0n) is 10.3. The molecule has 4 nitrogen and oxygen atoms in total. The molecule has 0 aliphatic heterocycles. The van der Waals surface area contributed by atoms with Crippen molar-refractivity contribution in [2.75, 3.05) is 19.3 Å². The first-order chi connectivity index (χ1) is 8.03. The van der Waals surface area contributed by atoms with Crippen LogP contribution in [-0.4, -0.2) is 33.8 Å². The highest BCUT2D eigenvalue weighted by atomic mass is 32.2. The summed E-state index contributed by atoms with van der Waals surface area (Å²) >= 11 is 1.63. The minimum atomic E-state index is -3.14. The van der Waals surface area contributed by atoms with E-state index in [4.69, 9.17) is 0 Å². The fourth-order valence-corrected chi connectivity index (χ4v) is 3.63. The third-order valence-electron chi connectivity index (χ3n) is 2.34. The van der Waals surface area contributed by atoms with Crippen LogP contribution in [0.3, 0.4) is 0 Å². The average molecular weight is 276 g/mol. The largest absolute Gasteiger partial charge is 0.320 e. The predicted octanol–water partition coefficient (Wildman–Crippen LogP) is 1.21.